The van der Waals surface area contributed by atoms with Gasteiger partial charge in [0, 0.05) is 43.8 Å². The Morgan fingerprint density at radius 1 is 1.20 bits per heavy atom. The number of alkyl halides is 3. The first-order chi connectivity index (χ1) is 16.4. The smallest absolute Gasteiger partial charge is 0.380 e. The van der Waals surface area contributed by atoms with Crippen LogP contribution in [-0.2, 0) is 11.0 Å². The van der Waals surface area contributed by atoms with E-state index in [0.29, 0.717) is 31.4 Å². The highest BCUT2D eigenvalue weighted by molar-refractivity contribution is 5.84. The zero-order chi connectivity index (χ0) is 25.4. The zero-order valence-electron chi connectivity index (χ0n) is 19.7. The number of nitrogens with one attached hydrogen (secondary N) is 1. The van der Waals surface area contributed by atoms with Crippen LogP contribution in [0.2, 0.25) is 0 Å². The number of aliphatic hydroxyl groups is 1. The fourth-order valence-electron chi connectivity index (χ4n) is 4.40. The van der Waals surface area contributed by atoms with Gasteiger partial charge in [0.25, 0.3) is 5.91 Å². The summed E-state index contributed by atoms with van der Waals surface area (Å²) in [4.78, 5) is 25.7. The molecule has 186 valence electrons. The molecule has 2 aromatic heterocycles. The van der Waals surface area contributed by atoms with E-state index in [-0.39, 0.29) is 17.8 Å². The van der Waals surface area contributed by atoms with Gasteiger partial charge >= 0.3 is 6.18 Å². The molecule has 1 aliphatic carbocycles. The quantitative estimate of drug-likeness (QED) is 0.559. The average Bonchev–Trinajstić information content (AvgIpc) is 3.28. The molecule has 4 rings (SSSR count). The van der Waals surface area contributed by atoms with Gasteiger partial charge in [0.1, 0.15) is 11.3 Å². The number of halogens is 3. The molecule has 1 saturated carbocycles. The summed E-state index contributed by atoms with van der Waals surface area (Å²) < 4.78 is 40.7. The number of likely N-dealkylation sites (N-methyl/N-ethyl adjacent to an activating group) is 1. The van der Waals surface area contributed by atoms with Crippen molar-refractivity contribution in [2.24, 2.45) is 0 Å². The topological polar surface area (TPSA) is 96.2 Å². The maximum atomic E-state index is 13.0. The molecule has 35 heavy (non-hydrogen) atoms. The monoisotopic (exact) mass is 488 g/mol. The van der Waals surface area contributed by atoms with Crippen molar-refractivity contribution in [1.29, 1.82) is 0 Å². The van der Waals surface area contributed by atoms with Crippen LogP contribution in [0.15, 0.2) is 43.0 Å². The molecular formula is C24H27F3N6O2. The highest BCUT2D eigenvalue weighted by Crippen LogP contribution is 2.38. The lowest BCUT2D eigenvalue weighted by atomic mass is 9.77. The number of rotatable bonds is 5. The Hall–Kier alpha value is -3.47. The van der Waals surface area contributed by atoms with E-state index in [2.05, 4.69) is 20.3 Å². The molecule has 1 fully saturated rings. The molecule has 0 atom stereocenters. The van der Waals surface area contributed by atoms with Gasteiger partial charge in [-0.05, 0) is 62.4 Å². The fourth-order valence-corrected chi connectivity index (χ4v) is 4.40. The Labute approximate surface area is 200 Å². The molecule has 2 heterocycles. The SMILES string of the molecule is Cc1cc(Nc2nccc(C(F)(F)F)n2)cc(-n2cnc(C3CCC(O)(C(=O)N(C)C)CC3)c2)c1. The maximum absolute atomic E-state index is 13.0. The van der Waals surface area contributed by atoms with Crippen LogP contribution >= 0.6 is 0 Å². The lowest BCUT2D eigenvalue weighted by molar-refractivity contribution is -0.152. The van der Waals surface area contributed by atoms with Crippen molar-refractivity contribution in [1.82, 2.24) is 24.4 Å². The number of carbonyl (C=O) groups excluding carboxylic acids is 1. The van der Waals surface area contributed by atoms with Crippen LogP contribution in [0, 0.1) is 6.92 Å². The van der Waals surface area contributed by atoms with E-state index in [1.807, 2.05) is 23.8 Å². The standard InChI is InChI=1S/C24H27F3N6O2/c1-15-10-17(30-22-28-9-6-20(31-22)24(25,26)27)12-18(11-15)33-13-19(29-14-33)16-4-7-23(35,8-5-16)21(34)32(2)3/h6,9-14,16,35H,4-5,7-8H2,1-3H3,(H,28,30,31). The number of imidazole rings is 1. The first-order valence-electron chi connectivity index (χ1n) is 11.2. The predicted octanol–water partition coefficient (Wildman–Crippen LogP) is 4.21. The highest BCUT2D eigenvalue weighted by atomic mass is 19.4. The molecular weight excluding hydrogens is 461 g/mol. The van der Waals surface area contributed by atoms with Crippen molar-refractivity contribution in [3.05, 3.63) is 59.9 Å². The van der Waals surface area contributed by atoms with E-state index in [0.717, 1.165) is 29.2 Å². The molecule has 1 aliphatic rings. The summed E-state index contributed by atoms with van der Waals surface area (Å²) in [6, 6.07) is 6.31. The third kappa shape index (κ3) is 5.45. The number of amides is 1. The molecule has 0 radical (unpaired) electrons. The van der Waals surface area contributed by atoms with Crippen LogP contribution in [0.1, 0.15) is 48.6 Å². The number of hydrogen-bond donors (Lipinski definition) is 2. The molecule has 11 heteroatoms. The van der Waals surface area contributed by atoms with Crippen molar-refractivity contribution in [2.45, 2.75) is 50.3 Å². The Kier molecular flexibility index (Phi) is 6.54. The number of aryl methyl sites for hydroxylation is 1. The normalized spacial score (nSPS) is 20.5. The summed E-state index contributed by atoms with van der Waals surface area (Å²) in [5.74, 6) is -0.303. The largest absolute Gasteiger partial charge is 0.433 e. The molecule has 0 spiro atoms. The molecule has 2 N–H and O–H groups in total. The summed E-state index contributed by atoms with van der Waals surface area (Å²) in [5.41, 5.74) is 0.714. The number of aromatic nitrogens is 4. The minimum atomic E-state index is -4.56. The van der Waals surface area contributed by atoms with Gasteiger partial charge in [-0.3, -0.25) is 4.79 Å². The highest BCUT2D eigenvalue weighted by Gasteiger charge is 2.41. The van der Waals surface area contributed by atoms with Gasteiger partial charge in [-0.2, -0.15) is 13.2 Å². The number of benzene rings is 1. The molecule has 3 aromatic rings. The second-order valence-corrected chi connectivity index (χ2v) is 9.16. The van der Waals surface area contributed by atoms with Crippen molar-refractivity contribution in [3.8, 4) is 5.69 Å². The number of carbonyl (C=O) groups is 1. The van der Waals surface area contributed by atoms with Gasteiger partial charge in [-0.1, -0.05) is 0 Å². The van der Waals surface area contributed by atoms with Crippen LogP contribution in [0.4, 0.5) is 24.8 Å². The summed E-state index contributed by atoms with van der Waals surface area (Å²) in [5, 5.41) is 13.6. The van der Waals surface area contributed by atoms with Crippen molar-refractivity contribution in [2.75, 3.05) is 19.4 Å². The van der Waals surface area contributed by atoms with Crippen LogP contribution in [0.5, 0.6) is 0 Å². The van der Waals surface area contributed by atoms with Crippen LogP contribution in [0.3, 0.4) is 0 Å². The first kappa shape index (κ1) is 24.6. The van der Waals surface area contributed by atoms with Crippen molar-refractivity contribution in [3.63, 3.8) is 0 Å². The van der Waals surface area contributed by atoms with E-state index in [9.17, 15) is 23.1 Å². The van der Waals surface area contributed by atoms with E-state index < -0.39 is 17.5 Å². The lowest BCUT2D eigenvalue weighted by Crippen LogP contribution is -2.48. The minimum Gasteiger partial charge on any atom is -0.380 e. The van der Waals surface area contributed by atoms with Gasteiger partial charge < -0.3 is 19.9 Å². The van der Waals surface area contributed by atoms with Gasteiger partial charge in [0.05, 0.1) is 12.0 Å². The Bertz CT molecular complexity index is 1220. The minimum absolute atomic E-state index is 0.118. The van der Waals surface area contributed by atoms with Gasteiger partial charge in [-0.25, -0.2) is 15.0 Å². The molecule has 0 aliphatic heterocycles. The molecule has 1 aromatic carbocycles. The Balaban J connectivity index is 1.50. The summed E-state index contributed by atoms with van der Waals surface area (Å²) in [6.07, 6.45) is 2.12. The van der Waals surface area contributed by atoms with Crippen LogP contribution in [0.25, 0.3) is 5.69 Å². The Morgan fingerprint density at radius 2 is 1.91 bits per heavy atom. The number of nitrogens with zero attached hydrogens (tertiary/aromatic N) is 5. The van der Waals surface area contributed by atoms with E-state index in [1.54, 1.807) is 32.6 Å². The van der Waals surface area contributed by atoms with E-state index in [1.165, 1.54) is 4.90 Å². The van der Waals surface area contributed by atoms with Gasteiger partial charge in [0.15, 0.2) is 0 Å². The summed E-state index contributed by atoms with van der Waals surface area (Å²) in [7, 11) is 3.27. The molecule has 8 nitrogen and oxygen atoms in total. The second kappa shape index (κ2) is 9.29. The number of hydrogen-bond acceptors (Lipinski definition) is 6. The first-order valence-corrected chi connectivity index (χ1v) is 11.2. The molecule has 0 unspecified atom stereocenters. The van der Waals surface area contributed by atoms with Gasteiger partial charge in [-0.15, -0.1) is 0 Å². The third-order valence-electron chi connectivity index (χ3n) is 6.20. The molecule has 0 bridgehead atoms. The van der Waals surface area contributed by atoms with Crippen LogP contribution in [-0.4, -0.2) is 55.1 Å². The fraction of sp³-hybridized carbons (Fsp3) is 0.417. The Morgan fingerprint density at radius 3 is 2.57 bits per heavy atom. The second-order valence-electron chi connectivity index (χ2n) is 9.16. The van der Waals surface area contributed by atoms with Crippen molar-refractivity contribution < 1.29 is 23.1 Å². The van der Waals surface area contributed by atoms with Gasteiger partial charge in [0.2, 0.25) is 5.95 Å². The number of anilines is 2. The maximum Gasteiger partial charge on any atom is 0.433 e. The summed E-state index contributed by atoms with van der Waals surface area (Å²) in [6.45, 7) is 1.88. The summed E-state index contributed by atoms with van der Waals surface area (Å²) >= 11 is 0. The van der Waals surface area contributed by atoms with E-state index in [4.69, 9.17) is 0 Å². The lowest BCUT2D eigenvalue weighted by Gasteiger charge is -2.35. The predicted molar refractivity (Wildman–Crippen MR) is 123 cm³/mol. The zero-order valence-corrected chi connectivity index (χ0v) is 19.7. The molecule has 0 saturated heterocycles. The average molecular weight is 489 g/mol. The van der Waals surface area contributed by atoms with Crippen LogP contribution < -0.4 is 5.32 Å². The third-order valence-corrected chi connectivity index (χ3v) is 6.20. The van der Waals surface area contributed by atoms with Crippen molar-refractivity contribution >= 4 is 17.5 Å². The van der Waals surface area contributed by atoms with E-state index >= 15 is 0 Å². The molecule has 1 amide bonds.